The van der Waals surface area contributed by atoms with Gasteiger partial charge in [-0.15, -0.1) is 0 Å². The molecule has 2 saturated carbocycles. The molecule has 0 amide bonds. The number of hydrogen-bond donors (Lipinski definition) is 2. The second-order valence-electron chi connectivity index (χ2n) is 6.66. The largest absolute Gasteiger partial charge is 0.330 e. The number of hydrogen-bond acceptors (Lipinski definition) is 2. The van der Waals surface area contributed by atoms with Gasteiger partial charge in [0.15, 0.2) is 0 Å². The summed E-state index contributed by atoms with van der Waals surface area (Å²) in [6, 6.07) is 0. The average Bonchev–Trinajstić information content (AvgIpc) is 2.79. The quantitative estimate of drug-likeness (QED) is 0.756. The Kier molecular flexibility index (Phi) is 5.50. The zero-order chi connectivity index (χ0) is 12.8. The van der Waals surface area contributed by atoms with Crippen LogP contribution in [-0.4, -0.2) is 13.1 Å². The summed E-state index contributed by atoms with van der Waals surface area (Å²) in [5, 5.41) is 0. The normalized spacial score (nSPS) is 36.0. The molecule has 0 aliphatic heterocycles. The lowest BCUT2D eigenvalue weighted by Crippen LogP contribution is -2.46. The summed E-state index contributed by atoms with van der Waals surface area (Å²) < 4.78 is 0. The Morgan fingerprint density at radius 3 is 2.00 bits per heavy atom. The van der Waals surface area contributed by atoms with Crippen LogP contribution >= 0.6 is 0 Å². The fourth-order valence-corrected chi connectivity index (χ4v) is 4.69. The standard InChI is InChI=1S/C16H32N2/c17-12-15-10-6-3-7-11-16(15,13-18)14-8-4-1-2-5-9-14/h14-15H,1-13,17-18H2. The molecule has 0 aromatic carbocycles. The van der Waals surface area contributed by atoms with Gasteiger partial charge in [-0.3, -0.25) is 0 Å². The smallest absolute Gasteiger partial charge is 0.00147 e. The Morgan fingerprint density at radius 2 is 1.39 bits per heavy atom. The van der Waals surface area contributed by atoms with Gasteiger partial charge in [-0.25, -0.2) is 0 Å². The van der Waals surface area contributed by atoms with Gasteiger partial charge in [-0.2, -0.15) is 0 Å². The van der Waals surface area contributed by atoms with E-state index in [1.165, 1.54) is 70.6 Å². The Labute approximate surface area is 113 Å². The van der Waals surface area contributed by atoms with Crippen LogP contribution in [0.15, 0.2) is 0 Å². The minimum absolute atomic E-state index is 0.385. The SMILES string of the molecule is NCC1CCCCCC1(CN)C1CCCCCC1. The van der Waals surface area contributed by atoms with Gasteiger partial charge in [0.25, 0.3) is 0 Å². The van der Waals surface area contributed by atoms with Crippen LogP contribution in [-0.2, 0) is 0 Å². The molecule has 0 saturated heterocycles. The molecule has 2 aliphatic rings. The van der Waals surface area contributed by atoms with E-state index in [1.54, 1.807) is 0 Å². The fourth-order valence-electron chi connectivity index (χ4n) is 4.69. The summed E-state index contributed by atoms with van der Waals surface area (Å²) in [5.41, 5.74) is 12.8. The lowest BCUT2D eigenvalue weighted by Gasteiger charge is -2.45. The van der Waals surface area contributed by atoms with Crippen LogP contribution in [0, 0.1) is 17.3 Å². The van der Waals surface area contributed by atoms with Gasteiger partial charge in [0, 0.05) is 0 Å². The average molecular weight is 252 g/mol. The molecule has 0 aromatic rings. The molecule has 106 valence electrons. The van der Waals surface area contributed by atoms with E-state index in [4.69, 9.17) is 11.5 Å². The first-order valence-electron chi connectivity index (χ1n) is 8.23. The Hall–Kier alpha value is -0.0800. The molecule has 2 heteroatoms. The highest BCUT2D eigenvalue weighted by molar-refractivity contribution is 4.95. The zero-order valence-electron chi connectivity index (χ0n) is 12.0. The highest BCUT2D eigenvalue weighted by Gasteiger charge is 2.43. The Bertz CT molecular complexity index is 233. The summed E-state index contributed by atoms with van der Waals surface area (Å²) in [6.07, 6.45) is 15.3. The van der Waals surface area contributed by atoms with Crippen LogP contribution in [0.1, 0.15) is 70.6 Å². The van der Waals surface area contributed by atoms with Gasteiger partial charge in [-0.1, -0.05) is 44.9 Å². The van der Waals surface area contributed by atoms with Crippen LogP contribution in [0.4, 0.5) is 0 Å². The second-order valence-corrected chi connectivity index (χ2v) is 6.66. The summed E-state index contributed by atoms with van der Waals surface area (Å²) in [7, 11) is 0. The predicted octanol–water partition coefficient (Wildman–Crippen LogP) is 3.44. The minimum Gasteiger partial charge on any atom is -0.330 e. The van der Waals surface area contributed by atoms with Crippen molar-refractivity contribution < 1.29 is 0 Å². The van der Waals surface area contributed by atoms with Crippen LogP contribution in [0.25, 0.3) is 0 Å². The van der Waals surface area contributed by atoms with Crippen LogP contribution in [0.2, 0.25) is 0 Å². The summed E-state index contributed by atoms with van der Waals surface area (Å²) >= 11 is 0. The van der Waals surface area contributed by atoms with Gasteiger partial charge < -0.3 is 11.5 Å². The highest BCUT2D eigenvalue weighted by Crippen LogP contribution is 2.49. The van der Waals surface area contributed by atoms with E-state index in [2.05, 4.69) is 0 Å². The van der Waals surface area contributed by atoms with Gasteiger partial charge in [-0.05, 0) is 56.0 Å². The van der Waals surface area contributed by atoms with Gasteiger partial charge in [0.1, 0.15) is 0 Å². The van der Waals surface area contributed by atoms with Crippen LogP contribution in [0.5, 0.6) is 0 Å². The van der Waals surface area contributed by atoms with Crippen molar-refractivity contribution in [1.82, 2.24) is 0 Å². The van der Waals surface area contributed by atoms with Crippen molar-refractivity contribution in [2.45, 2.75) is 70.6 Å². The van der Waals surface area contributed by atoms with E-state index >= 15 is 0 Å². The molecule has 2 unspecified atom stereocenters. The van der Waals surface area contributed by atoms with Gasteiger partial charge in [0.2, 0.25) is 0 Å². The Balaban J connectivity index is 2.18. The van der Waals surface area contributed by atoms with Crippen molar-refractivity contribution >= 4 is 0 Å². The third kappa shape index (κ3) is 2.91. The second kappa shape index (κ2) is 6.91. The molecule has 0 radical (unpaired) electrons. The van der Waals surface area contributed by atoms with Crippen LogP contribution < -0.4 is 11.5 Å². The summed E-state index contributed by atoms with van der Waals surface area (Å²) in [5.74, 6) is 1.55. The topological polar surface area (TPSA) is 52.0 Å². The molecule has 0 aromatic heterocycles. The van der Waals surface area contributed by atoms with E-state index in [1.807, 2.05) is 0 Å². The molecule has 0 bridgehead atoms. The maximum Gasteiger partial charge on any atom is -0.00147 e. The molecule has 2 atom stereocenters. The molecular formula is C16H32N2. The van der Waals surface area contributed by atoms with E-state index in [0.29, 0.717) is 11.3 Å². The minimum atomic E-state index is 0.385. The van der Waals surface area contributed by atoms with Crippen molar-refractivity contribution in [3.63, 3.8) is 0 Å². The van der Waals surface area contributed by atoms with Crippen molar-refractivity contribution in [1.29, 1.82) is 0 Å². The fraction of sp³-hybridized carbons (Fsp3) is 1.00. The van der Waals surface area contributed by atoms with Crippen LogP contribution in [0.3, 0.4) is 0 Å². The van der Waals surface area contributed by atoms with Crippen molar-refractivity contribution in [2.75, 3.05) is 13.1 Å². The molecule has 2 fully saturated rings. The first-order valence-corrected chi connectivity index (χ1v) is 8.23. The maximum atomic E-state index is 6.30. The Morgan fingerprint density at radius 1 is 0.778 bits per heavy atom. The van der Waals surface area contributed by atoms with E-state index < -0.39 is 0 Å². The molecule has 2 nitrogen and oxygen atoms in total. The lowest BCUT2D eigenvalue weighted by molar-refractivity contribution is 0.0617. The zero-order valence-corrected chi connectivity index (χ0v) is 12.0. The van der Waals surface area contributed by atoms with E-state index in [0.717, 1.165) is 19.0 Å². The number of rotatable bonds is 3. The molecule has 0 heterocycles. The van der Waals surface area contributed by atoms with Crippen molar-refractivity contribution in [3.8, 4) is 0 Å². The number of nitrogens with two attached hydrogens (primary N) is 2. The van der Waals surface area contributed by atoms with E-state index in [-0.39, 0.29) is 0 Å². The predicted molar refractivity (Wildman–Crippen MR) is 78.3 cm³/mol. The first kappa shape index (κ1) is 14.3. The first-order chi connectivity index (χ1) is 8.83. The molecule has 18 heavy (non-hydrogen) atoms. The molecule has 4 N–H and O–H groups in total. The van der Waals surface area contributed by atoms with E-state index in [9.17, 15) is 0 Å². The van der Waals surface area contributed by atoms with Gasteiger partial charge >= 0.3 is 0 Å². The lowest BCUT2D eigenvalue weighted by atomic mass is 9.61. The monoisotopic (exact) mass is 252 g/mol. The third-order valence-corrected chi connectivity index (χ3v) is 5.84. The molecular weight excluding hydrogens is 220 g/mol. The highest BCUT2D eigenvalue weighted by atomic mass is 14.7. The maximum absolute atomic E-state index is 6.30. The summed E-state index contributed by atoms with van der Waals surface area (Å²) in [4.78, 5) is 0. The van der Waals surface area contributed by atoms with Gasteiger partial charge in [0.05, 0.1) is 0 Å². The van der Waals surface area contributed by atoms with Crippen molar-refractivity contribution in [3.05, 3.63) is 0 Å². The molecule has 0 spiro atoms. The summed E-state index contributed by atoms with van der Waals surface area (Å²) in [6.45, 7) is 1.73. The van der Waals surface area contributed by atoms with Crippen molar-refractivity contribution in [2.24, 2.45) is 28.7 Å². The molecule has 2 rings (SSSR count). The molecule has 2 aliphatic carbocycles. The third-order valence-electron chi connectivity index (χ3n) is 5.84.